The van der Waals surface area contributed by atoms with Crippen LogP contribution < -0.4 is 14.8 Å². The summed E-state index contributed by atoms with van der Waals surface area (Å²) in [6.07, 6.45) is 0.875. The number of nitrogens with one attached hydrogen (secondary N) is 1. The normalized spacial score (nSPS) is 11.5. The molecule has 0 aromatic heterocycles. The fourth-order valence-electron chi connectivity index (χ4n) is 2.24. The Hall–Kier alpha value is -2.51. The van der Waals surface area contributed by atoms with Crippen molar-refractivity contribution in [3.63, 3.8) is 0 Å². The Morgan fingerprint density at radius 1 is 1.05 bits per heavy atom. The largest absolute Gasteiger partial charge is 0.497 e. The van der Waals surface area contributed by atoms with Gasteiger partial charge in [-0.3, -0.25) is 5.32 Å². The highest BCUT2D eigenvalue weighted by Gasteiger charge is 2.12. The summed E-state index contributed by atoms with van der Waals surface area (Å²) in [6.45, 7) is 0.724. The molecule has 0 spiro atoms. The molecular weight excluding hydrogens is 276 g/mol. The SMILES string of the molecule is COc1cc(OC)cc(C(C#N)NCCc2ccccc2)c1. The molecule has 0 amide bonds. The molecule has 0 radical (unpaired) electrons. The van der Waals surface area contributed by atoms with Gasteiger partial charge >= 0.3 is 0 Å². The third kappa shape index (κ3) is 4.24. The molecule has 0 saturated carbocycles. The van der Waals surface area contributed by atoms with E-state index in [9.17, 15) is 5.26 Å². The maximum absolute atomic E-state index is 9.41. The van der Waals surface area contributed by atoms with E-state index in [1.807, 2.05) is 30.3 Å². The van der Waals surface area contributed by atoms with E-state index in [1.165, 1.54) is 5.56 Å². The van der Waals surface area contributed by atoms with Crippen LogP contribution in [-0.4, -0.2) is 20.8 Å². The summed E-state index contributed by atoms with van der Waals surface area (Å²) >= 11 is 0. The van der Waals surface area contributed by atoms with Crippen LogP contribution in [0.2, 0.25) is 0 Å². The van der Waals surface area contributed by atoms with Crippen molar-refractivity contribution in [2.75, 3.05) is 20.8 Å². The lowest BCUT2D eigenvalue weighted by Gasteiger charge is -2.14. The third-order valence-electron chi connectivity index (χ3n) is 3.44. The Bertz CT molecular complexity index is 613. The number of benzene rings is 2. The van der Waals surface area contributed by atoms with Crippen LogP contribution in [0.15, 0.2) is 48.5 Å². The molecule has 0 aliphatic heterocycles. The van der Waals surface area contributed by atoms with E-state index in [4.69, 9.17) is 9.47 Å². The van der Waals surface area contributed by atoms with Gasteiger partial charge in [0.15, 0.2) is 0 Å². The molecule has 2 aromatic carbocycles. The van der Waals surface area contributed by atoms with Gasteiger partial charge in [-0.15, -0.1) is 0 Å². The molecule has 0 fully saturated rings. The Morgan fingerprint density at radius 3 is 2.23 bits per heavy atom. The van der Waals surface area contributed by atoms with E-state index < -0.39 is 6.04 Å². The Kier molecular flexibility index (Phi) is 5.81. The molecule has 4 heteroatoms. The standard InChI is InChI=1S/C18H20N2O2/c1-21-16-10-15(11-17(12-16)22-2)18(13-19)20-9-8-14-6-4-3-5-7-14/h3-7,10-12,18,20H,8-9H2,1-2H3. The van der Waals surface area contributed by atoms with Crippen LogP contribution in [0, 0.1) is 11.3 Å². The van der Waals surface area contributed by atoms with Crippen LogP contribution in [-0.2, 0) is 6.42 Å². The molecule has 1 atom stereocenters. The lowest BCUT2D eigenvalue weighted by molar-refractivity contribution is 0.392. The van der Waals surface area contributed by atoms with Gasteiger partial charge in [-0.05, 0) is 29.7 Å². The van der Waals surface area contributed by atoms with Crippen LogP contribution in [0.4, 0.5) is 0 Å². The second kappa shape index (κ2) is 8.06. The summed E-state index contributed by atoms with van der Waals surface area (Å²) < 4.78 is 10.5. The molecule has 2 aromatic rings. The third-order valence-corrected chi connectivity index (χ3v) is 3.44. The number of hydrogen-bond donors (Lipinski definition) is 1. The topological polar surface area (TPSA) is 54.3 Å². The van der Waals surface area contributed by atoms with Gasteiger partial charge in [0.25, 0.3) is 0 Å². The predicted molar refractivity (Wildman–Crippen MR) is 86.0 cm³/mol. The molecule has 1 N–H and O–H groups in total. The number of methoxy groups -OCH3 is 2. The first-order valence-corrected chi connectivity index (χ1v) is 7.16. The fraction of sp³-hybridized carbons (Fsp3) is 0.278. The van der Waals surface area contributed by atoms with Crippen molar-refractivity contribution in [2.45, 2.75) is 12.5 Å². The van der Waals surface area contributed by atoms with Crippen molar-refractivity contribution >= 4 is 0 Å². The molecule has 0 bridgehead atoms. The summed E-state index contributed by atoms with van der Waals surface area (Å²) in [5.74, 6) is 1.36. The van der Waals surface area contributed by atoms with Gasteiger partial charge in [-0.1, -0.05) is 30.3 Å². The summed E-state index contributed by atoms with van der Waals surface area (Å²) in [7, 11) is 3.20. The van der Waals surface area contributed by atoms with Gasteiger partial charge in [0.1, 0.15) is 17.5 Å². The average molecular weight is 296 g/mol. The minimum Gasteiger partial charge on any atom is -0.497 e. The summed E-state index contributed by atoms with van der Waals surface area (Å²) in [5, 5.41) is 12.7. The van der Waals surface area contributed by atoms with Crippen molar-refractivity contribution in [3.05, 3.63) is 59.7 Å². The van der Waals surface area contributed by atoms with Gasteiger partial charge < -0.3 is 9.47 Å². The number of rotatable bonds is 7. The van der Waals surface area contributed by atoms with Crippen LogP contribution in [0.3, 0.4) is 0 Å². The summed E-state index contributed by atoms with van der Waals surface area (Å²) in [6, 6.07) is 17.6. The Labute approximate surface area is 131 Å². The predicted octanol–water partition coefficient (Wildman–Crippen LogP) is 3.10. The first kappa shape index (κ1) is 15.9. The van der Waals surface area contributed by atoms with E-state index in [-0.39, 0.29) is 0 Å². The Morgan fingerprint density at radius 2 is 1.68 bits per heavy atom. The van der Waals surface area contributed by atoms with Crippen molar-refractivity contribution in [1.82, 2.24) is 5.32 Å². The van der Waals surface area contributed by atoms with Gasteiger partial charge in [-0.2, -0.15) is 5.26 Å². The van der Waals surface area contributed by atoms with Crippen LogP contribution in [0.5, 0.6) is 11.5 Å². The lowest BCUT2D eigenvalue weighted by atomic mass is 10.1. The smallest absolute Gasteiger partial charge is 0.122 e. The highest BCUT2D eigenvalue weighted by Crippen LogP contribution is 2.26. The average Bonchev–Trinajstić information content (AvgIpc) is 2.59. The number of nitrogens with zero attached hydrogens (tertiary/aromatic N) is 1. The van der Waals surface area contributed by atoms with E-state index >= 15 is 0 Å². The molecule has 0 saturated heterocycles. The molecule has 2 rings (SSSR count). The maximum atomic E-state index is 9.41. The van der Waals surface area contributed by atoms with Crippen molar-refractivity contribution in [3.8, 4) is 17.6 Å². The van der Waals surface area contributed by atoms with E-state index in [1.54, 1.807) is 20.3 Å². The summed E-state index contributed by atoms with van der Waals surface area (Å²) in [5.41, 5.74) is 2.08. The van der Waals surface area contributed by atoms with Crippen LogP contribution in [0.25, 0.3) is 0 Å². The second-order valence-corrected chi connectivity index (χ2v) is 4.90. The zero-order valence-corrected chi connectivity index (χ0v) is 12.9. The number of nitriles is 1. The molecule has 0 aliphatic carbocycles. The van der Waals surface area contributed by atoms with Crippen molar-refractivity contribution in [1.29, 1.82) is 5.26 Å². The second-order valence-electron chi connectivity index (χ2n) is 4.90. The number of hydrogen-bond acceptors (Lipinski definition) is 4. The highest BCUT2D eigenvalue weighted by molar-refractivity contribution is 5.41. The monoisotopic (exact) mass is 296 g/mol. The van der Waals surface area contributed by atoms with E-state index in [2.05, 4.69) is 23.5 Å². The molecule has 114 valence electrons. The van der Waals surface area contributed by atoms with Gasteiger partial charge in [0.2, 0.25) is 0 Å². The van der Waals surface area contributed by atoms with Gasteiger partial charge in [0.05, 0.1) is 20.3 Å². The quantitative estimate of drug-likeness (QED) is 0.853. The fourth-order valence-corrected chi connectivity index (χ4v) is 2.24. The first-order valence-electron chi connectivity index (χ1n) is 7.16. The maximum Gasteiger partial charge on any atom is 0.122 e. The van der Waals surface area contributed by atoms with Gasteiger partial charge in [0, 0.05) is 12.6 Å². The van der Waals surface area contributed by atoms with Crippen LogP contribution in [0.1, 0.15) is 17.2 Å². The molecular formula is C18H20N2O2. The zero-order chi connectivity index (χ0) is 15.8. The highest BCUT2D eigenvalue weighted by atomic mass is 16.5. The van der Waals surface area contributed by atoms with E-state index in [0.717, 1.165) is 18.5 Å². The minimum absolute atomic E-state index is 0.396. The Balaban J connectivity index is 2.03. The van der Waals surface area contributed by atoms with Crippen molar-refractivity contribution < 1.29 is 9.47 Å². The van der Waals surface area contributed by atoms with Crippen LogP contribution >= 0.6 is 0 Å². The van der Waals surface area contributed by atoms with Gasteiger partial charge in [-0.25, -0.2) is 0 Å². The number of ether oxygens (including phenoxy) is 2. The minimum atomic E-state index is -0.396. The molecule has 0 heterocycles. The lowest BCUT2D eigenvalue weighted by Crippen LogP contribution is -2.22. The molecule has 4 nitrogen and oxygen atoms in total. The van der Waals surface area contributed by atoms with E-state index in [0.29, 0.717) is 11.5 Å². The van der Waals surface area contributed by atoms with Crippen molar-refractivity contribution in [2.24, 2.45) is 0 Å². The molecule has 22 heavy (non-hydrogen) atoms. The molecule has 0 aliphatic rings. The zero-order valence-electron chi connectivity index (χ0n) is 12.9. The summed E-state index contributed by atoms with van der Waals surface area (Å²) in [4.78, 5) is 0. The first-order chi connectivity index (χ1) is 10.8. The molecule has 1 unspecified atom stereocenters.